The van der Waals surface area contributed by atoms with Gasteiger partial charge in [-0.15, -0.1) is 11.3 Å². The number of thiazole rings is 1. The van der Waals surface area contributed by atoms with Gasteiger partial charge < -0.3 is 11.1 Å². The van der Waals surface area contributed by atoms with Crippen molar-refractivity contribution in [3.63, 3.8) is 0 Å². The Morgan fingerprint density at radius 1 is 1.44 bits per heavy atom. The van der Waals surface area contributed by atoms with Crippen LogP contribution in [0.15, 0.2) is 5.38 Å². The summed E-state index contributed by atoms with van der Waals surface area (Å²) < 4.78 is 0. The van der Waals surface area contributed by atoms with Crippen LogP contribution in [-0.4, -0.2) is 16.9 Å². The number of hydrogen-bond donors (Lipinski definition) is 2. The number of rotatable bonds is 4. The molecule has 1 unspecified atom stereocenters. The van der Waals surface area contributed by atoms with Gasteiger partial charge in [-0.3, -0.25) is 4.79 Å². The minimum Gasteiger partial charge on any atom is -0.320 e. The van der Waals surface area contributed by atoms with Crippen LogP contribution < -0.4 is 11.1 Å². The molecule has 1 heterocycles. The third-order valence-corrected chi connectivity index (χ3v) is 3.14. The first kappa shape index (κ1) is 13.1. The van der Waals surface area contributed by atoms with Gasteiger partial charge in [-0.05, 0) is 11.8 Å². The third-order valence-electron chi connectivity index (χ3n) is 2.36. The highest BCUT2D eigenvalue weighted by Gasteiger charge is 2.18. The number of nitrogens with one attached hydrogen (secondary N) is 1. The van der Waals surface area contributed by atoms with Crippen LogP contribution in [0.2, 0.25) is 0 Å². The summed E-state index contributed by atoms with van der Waals surface area (Å²) in [7, 11) is 0. The summed E-state index contributed by atoms with van der Waals surface area (Å²) in [6, 6.07) is -0.480. The molecule has 1 rings (SSSR count). The molecule has 1 aromatic rings. The average Bonchev–Trinajstić information content (AvgIpc) is 2.64. The normalized spacial score (nSPS) is 13.2. The molecular formula is C11H19N3OS. The fraction of sp³-hybridized carbons (Fsp3) is 0.636. The van der Waals surface area contributed by atoms with Gasteiger partial charge in [-0.1, -0.05) is 27.7 Å². The molecule has 0 spiro atoms. The summed E-state index contributed by atoms with van der Waals surface area (Å²) in [5.41, 5.74) is 6.74. The van der Waals surface area contributed by atoms with Crippen molar-refractivity contribution in [2.75, 3.05) is 5.32 Å². The van der Waals surface area contributed by atoms with Crippen molar-refractivity contribution >= 4 is 22.4 Å². The van der Waals surface area contributed by atoms with E-state index in [0.29, 0.717) is 11.0 Å². The Balaban J connectivity index is 2.63. The Bertz CT molecular complexity index is 360. The molecular weight excluding hydrogens is 222 g/mol. The summed E-state index contributed by atoms with van der Waals surface area (Å²) in [4.78, 5) is 16.0. The van der Waals surface area contributed by atoms with Gasteiger partial charge in [0.1, 0.15) is 0 Å². The van der Waals surface area contributed by atoms with E-state index < -0.39 is 6.04 Å². The van der Waals surface area contributed by atoms with Gasteiger partial charge in [0.2, 0.25) is 5.91 Å². The molecule has 5 heteroatoms. The maximum absolute atomic E-state index is 11.7. The molecule has 90 valence electrons. The van der Waals surface area contributed by atoms with Crippen molar-refractivity contribution in [3.05, 3.63) is 11.1 Å². The van der Waals surface area contributed by atoms with Gasteiger partial charge in [0.25, 0.3) is 0 Å². The molecule has 0 bridgehead atoms. The molecule has 0 fully saturated rings. The molecule has 0 saturated heterocycles. The minimum absolute atomic E-state index is 0.129. The predicted molar refractivity (Wildman–Crippen MR) is 67.6 cm³/mol. The molecule has 1 atom stereocenters. The molecule has 4 nitrogen and oxygen atoms in total. The van der Waals surface area contributed by atoms with Gasteiger partial charge in [-0.2, -0.15) is 0 Å². The first-order valence-electron chi connectivity index (χ1n) is 5.43. The summed E-state index contributed by atoms with van der Waals surface area (Å²) >= 11 is 1.44. The van der Waals surface area contributed by atoms with Crippen molar-refractivity contribution in [1.29, 1.82) is 0 Å². The number of hydrogen-bond acceptors (Lipinski definition) is 4. The predicted octanol–water partition coefficient (Wildman–Crippen LogP) is 2.19. The third kappa shape index (κ3) is 3.28. The molecule has 0 saturated carbocycles. The van der Waals surface area contributed by atoms with Crippen LogP contribution >= 0.6 is 11.3 Å². The lowest BCUT2D eigenvalue weighted by Crippen LogP contribution is -2.39. The van der Waals surface area contributed by atoms with Crippen LogP contribution in [0.1, 0.15) is 39.3 Å². The zero-order valence-corrected chi connectivity index (χ0v) is 11.0. The lowest BCUT2D eigenvalue weighted by Gasteiger charge is -2.13. The van der Waals surface area contributed by atoms with E-state index >= 15 is 0 Å². The van der Waals surface area contributed by atoms with Crippen LogP contribution in [0.4, 0.5) is 5.13 Å². The van der Waals surface area contributed by atoms with Crippen molar-refractivity contribution in [3.8, 4) is 0 Å². The van der Waals surface area contributed by atoms with E-state index in [9.17, 15) is 4.79 Å². The molecule has 0 aromatic carbocycles. The van der Waals surface area contributed by atoms with Crippen molar-refractivity contribution in [2.24, 2.45) is 11.7 Å². The first-order chi connectivity index (χ1) is 7.41. The Morgan fingerprint density at radius 3 is 2.50 bits per heavy atom. The maximum atomic E-state index is 11.7. The number of amides is 1. The SMILES string of the molecule is CC(C)c1csc(NC(=O)C(N)C(C)C)n1. The topological polar surface area (TPSA) is 68.0 Å². The Hall–Kier alpha value is -0.940. The Labute approximate surface area is 100 Å². The van der Waals surface area contributed by atoms with Crippen molar-refractivity contribution < 1.29 is 4.79 Å². The van der Waals surface area contributed by atoms with E-state index in [4.69, 9.17) is 5.73 Å². The van der Waals surface area contributed by atoms with Gasteiger partial charge in [0.15, 0.2) is 5.13 Å². The molecule has 0 aliphatic rings. The second-order valence-electron chi connectivity index (χ2n) is 4.49. The van der Waals surface area contributed by atoms with E-state index in [0.717, 1.165) is 5.69 Å². The molecule has 1 amide bonds. The first-order valence-corrected chi connectivity index (χ1v) is 6.31. The Morgan fingerprint density at radius 2 is 2.06 bits per heavy atom. The van der Waals surface area contributed by atoms with E-state index in [2.05, 4.69) is 24.1 Å². The van der Waals surface area contributed by atoms with E-state index in [-0.39, 0.29) is 11.8 Å². The quantitative estimate of drug-likeness (QED) is 0.849. The highest BCUT2D eigenvalue weighted by Crippen LogP contribution is 2.21. The lowest BCUT2D eigenvalue weighted by atomic mass is 10.1. The standard InChI is InChI=1S/C11H19N3OS/c1-6(2)8-5-16-11(13-8)14-10(15)9(12)7(3)4/h5-7,9H,12H2,1-4H3,(H,13,14,15). The largest absolute Gasteiger partial charge is 0.320 e. The van der Waals surface area contributed by atoms with E-state index in [1.165, 1.54) is 11.3 Å². The number of anilines is 1. The second-order valence-corrected chi connectivity index (χ2v) is 5.35. The van der Waals surface area contributed by atoms with Gasteiger partial charge in [0.05, 0.1) is 11.7 Å². The summed E-state index contributed by atoms with van der Waals surface area (Å²) in [5, 5.41) is 5.33. The number of carbonyl (C=O) groups excluding carboxylic acids is 1. The number of nitrogens with two attached hydrogens (primary N) is 1. The maximum Gasteiger partial charge on any atom is 0.243 e. The molecule has 0 radical (unpaired) electrons. The van der Waals surface area contributed by atoms with Gasteiger partial charge >= 0.3 is 0 Å². The number of carbonyl (C=O) groups is 1. The highest BCUT2D eigenvalue weighted by atomic mass is 32.1. The zero-order valence-electron chi connectivity index (χ0n) is 10.2. The van der Waals surface area contributed by atoms with Crippen LogP contribution in [-0.2, 0) is 4.79 Å². The number of aromatic nitrogens is 1. The van der Waals surface area contributed by atoms with Crippen LogP contribution in [0.25, 0.3) is 0 Å². The van der Waals surface area contributed by atoms with Crippen LogP contribution in [0.5, 0.6) is 0 Å². The summed E-state index contributed by atoms with van der Waals surface area (Å²) in [6.07, 6.45) is 0. The number of nitrogens with zero attached hydrogens (tertiary/aromatic N) is 1. The van der Waals surface area contributed by atoms with Crippen LogP contribution in [0, 0.1) is 5.92 Å². The summed E-state index contributed by atoms with van der Waals surface area (Å²) in [6.45, 7) is 7.98. The molecule has 1 aromatic heterocycles. The minimum atomic E-state index is -0.480. The molecule has 0 aliphatic heterocycles. The van der Waals surface area contributed by atoms with Crippen molar-refractivity contribution in [2.45, 2.75) is 39.7 Å². The fourth-order valence-electron chi connectivity index (χ4n) is 1.10. The van der Waals surface area contributed by atoms with E-state index in [1.54, 1.807) is 0 Å². The van der Waals surface area contributed by atoms with E-state index in [1.807, 2.05) is 19.2 Å². The molecule has 0 aliphatic carbocycles. The molecule has 16 heavy (non-hydrogen) atoms. The fourth-order valence-corrected chi connectivity index (χ4v) is 1.98. The van der Waals surface area contributed by atoms with Gasteiger partial charge in [-0.25, -0.2) is 4.98 Å². The average molecular weight is 241 g/mol. The molecule has 3 N–H and O–H groups in total. The Kier molecular flexibility index (Phi) is 4.44. The van der Waals surface area contributed by atoms with Crippen molar-refractivity contribution in [1.82, 2.24) is 4.98 Å². The monoisotopic (exact) mass is 241 g/mol. The summed E-state index contributed by atoms with van der Waals surface area (Å²) in [5.74, 6) is 0.338. The van der Waals surface area contributed by atoms with Gasteiger partial charge in [0, 0.05) is 5.38 Å². The second kappa shape index (κ2) is 5.41. The zero-order chi connectivity index (χ0) is 12.3. The lowest BCUT2D eigenvalue weighted by molar-refractivity contribution is -0.118. The highest BCUT2D eigenvalue weighted by molar-refractivity contribution is 7.13. The smallest absolute Gasteiger partial charge is 0.243 e. The van der Waals surface area contributed by atoms with Crippen LogP contribution in [0.3, 0.4) is 0 Å².